The Kier molecular flexibility index (Phi) is 9.38. The van der Waals surface area contributed by atoms with Gasteiger partial charge in [0.15, 0.2) is 0 Å². The Morgan fingerprint density at radius 1 is 1.67 bits per heavy atom. The smallest absolute Gasteiger partial charge is 0.0751 e. The first-order valence-corrected chi connectivity index (χ1v) is 7.82. The first kappa shape index (κ1) is 16.1. The van der Waals surface area contributed by atoms with E-state index in [9.17, 15) is 0 Å². The quantitative estimate of drug-likeness (QED) is 0.728. The minimum Gasteiger partial charge on any atom is -0.302 e. The van der Waals surface area contributed by atoms with E-state index in [1.807, 2.05) is 7.05 Å². The Bertz CT molecular complexity index is 124. The van der Waals surface area contributed by atoms with Crippen LogP contribution in [0.2, 0.25) is 0 Å². The van der Waals surface area contributed by atoms with Crippen LogP contribution in [0.5, 0.6) is 0 Å². The van der Waals surface area contributed by atoms with Crippen molar-refractivity contribution >= 4 is 35.0 Å². The van der Waals surface area contributed by atoms with Gasteiger partial charge in [-0.15, -0.1) is 18.2 Å². The molecule has 1 aliphatic rings. The number of rotatable bonds is 2. The molecule has 12 heavy (non-hydrogen) atoms. The molecule has 1 fully saturated rings. The van der Waals surface area contributed by atoms with Crippen LogP contribution in [0.1, 0.15) is 14.9 Å². The molecule has 1 rings (SSSR count). The van der Waals surface area contributed by atoms with Gasteiger partial charge in [0.25, 0.3) is 0 Å². The zero-order valence-electron chi connectivity index (χ0n) is 5.94. The second kappa shape index (κ2) is 7.00. The van der Waals surface area contributed by atoms with Crippen LogP contribution in [0.3, 0.4) is 0 Å². The third-order valence-corrected chi connectivity index (χ3v) is 8.15. The Morgan fingerprint density at radius 3 is 2.50 bits per heavy atom. The van der Waals surface area contributed by atoms with Crippen LogP contribution in [0.4, 0.5) is 0 Å². The lowest BCUT2D eigenvalue weighted by molar-refractivity contribution is 0.592. The topological polar surface area (TPSA) is 24.1 Å². The SMILES string of the molecule is C.C.CNC1N[C@](P)(PP)CP1. The number of nitrogens with one attached hydrogen (secondary N) is 2. The molecule has 6 atom stereocenters. The van der Waals surface area contributed by atoms with Crippen LogP contribution in [0, 0.1) is 0 Å². The molecule has 0 aliphatic carbocycles. The fourth-order valence-electron chi connectivity index (χ4n) is 0.890. The highest BCUT2D eigenvalue weighted by molar-refractivity contribution is 8.05. The molecule has 0 aromatic carbocycles. The van der Waals surface area contributed by atoms with Gasteiger partial charge in [0.05, 0.1) is 10.9 Å². The third kappa shape index (κ3) is 4.23. The molecule has 1 aliphatic heterocycles. The van der Waals surface area contributed by atoms with Crippen molar-refractivity contribution in [1.29, 1.82) is 0 Å². The molecular formula is C6H22N2P4. The van der Waals surface area contributed by atoms with E-state index in [-0.39, 0.29) is 14.9 Å². The van der Waals surface area contributed by atoms with Gasteiger partial charge in [0.2, 0.25) is 0 Å². The van der Waals surface area contributed by atoms with Gasteiger partial charge in [-0.25, -0.2) is 0 Å². The van der Waals surface area contributed by atoms with Crippen molar-refractivity contribution in [2.24, 2.45) is 0 Å². The van der Waals surface area contributed by atoms with E-state index in [1.54, 1.807) is 0 Å². The van der Waals surface area contributed by atoms with Gasteiger partial charge >= 0.3 is 0 Å². The molecule has 0 aromatic heterocycles. The van der Waals surface area contributed by atoms with Gasteiger partial charge in [-0.3, -0.25) is 5.32 Å². The largest absolute Gasteiger partial charge is 0.302 e. The fourth-order valence-corrected chi connectivity index (χ4v) is 5.02. The molecule has 0 spiro atoms. The molecule has 2 nitrogen and oxygen atoms in total. The Hall–Kier alpha value is 1.64. The molecule has 6 heteroatoms. The van der Waals surface area contributed by atoms with Gasteiger partial charge in [-0.05, 0) is 13.2 Å². The van der Waals surface area contributed by atoms with Crippen molar-refractivity contribution in [3.8, 4) is 0 Å². The maximum atomic E-state index is 3.52. The minimum atomic E-state index is 0. The third-order valence-electron chi connectivity index (χ3n) is 1.53. The van der Waals surface area contributed by atoms with Gasteiger partial charge in [-0.1, -0.05) is 31.7 Å². The summed E-state index contributed by atoms with van der Waals surface area (Å²) in [7, 11) is 9.62. The summed E-state index contributed by atoms with van der Waals surface area (Å²) >= 11 is 0. The predicted octanol–water partition coefficient (Wildman–Crippen LogP) is 2.04. The average molecular weight is 246 g/mol. The first-order valence-electron chi connectivity index (χ1n) is 3.15. The van der Waals surface area contributed by atoms with Crippen molar-refractivity contribution in [2.75, 3.05) is 13.2 Å². The summed E-state index contributed by atoms with van der Waals surface area (Å²) in [6.45, 7) is 0. The van der Waals surface area contributed by atoms with E-state index < -0.39 is 0 Å². The maximum absolute atomic E-state index is 3.52. The van der Waals surface area contributed by atoms with Crippen LogP contribution >= 0.6 is 35.0 Å². The van der Waals surface area contributed by atoms with Crippen LogP contribution in [-0.4, -0.2) is 24.1 Å². The summed E-state index contributed by atoms with van der Waals surface area (Å²) in [5, 5.41) is 7.08. The number of hydrogen-bond donors (Lipinski definition) is 2. The molecule has 5 unspecified atom stereocenters. The van der Waals surface area contributed by atoms with Crippen molar-refractivity contribution in [3.63, 3.8) is 0 Å². The molecule has 0 radical (unpaired) electrons. The van der Waals surface area contributed by atoms with E-state index in [4.69, 9.17) is 0 Å². The Labute approximate surface area is 85.1 Å². The second-order valence-electron chi connectivity index (χ2n) is 2.36. The zero-order chi connectivity index (χ0) is 7.61. The fraction of sp³-hybridized carbons (Fsp3) is 1.00. The van der Waals surface area contributed by atoms with Gasteiger partial charge in [0.1, 0.15) is 0 Å². The van der Waals surface area contributed by atoms with E-state index >= 15 is 0 Å². The molecule has 76 valence electrons. The summed E-state index contributed by atoms with van der Waals surface area (Å²) in [5.41, 5.74) is 0. The van der Waals surface area contributed by atoms with E-state index in [0.29, 0.717) is 10.9 Å². The lowest BCUT2D eigenvalue weighted by atomic mass is 10.7. The normalized spacial score (nSPS) is 36.8. The van der Waals surface area contributed by atoms with Crippen LogP contribution in [0.15, 0.2) is 0 Å². The van der Waals surface area contributed by atoms with E-state index in [2.05, 4.69) is 28.8 Å². The van der Waals surface area contributed by atoms with Gasteiger partial charge in [0, 0.05) is 0 Å². The summed E-state index contributed by atoms with van der Waals surface area (Å²) < 4.78 is 0. The summed E-state index contributed by atoms with van der Waals surface area (Å²) in [6, 6.07) is 0. The molecular weight excluding hydrogens is 224 g/mol. The average Bonchev–Trinajstić information content (AvgIpc) is 2.33. The second-order valence-corrected chi connectivity index (χ2v) is 7.31. The first-order chi connectivity index (χ1) is 4.70. The highest BCUT2D eigenvalue weighted by Gasteiger charge is 2.31. The molecule has 1 saturated heterocycles. The Balaban J connectivity index is 0. The predicted molar refractivity (Wildman–Crippen MR) is 73.1 cm³/mol. The molecule has 1 heterocycles. The van der Waals surface area contributed by atoms with Gasteiger partial charge < -0.3 is 5.32 Å². The summed E-state index contributed by atoms with van der Waals surface area (Å²) in [6.07, 6.45) is 1.28. The molecule has 0 bridgehead atoms. The summed E-state index contributed by atoms with van der Waals surface area (Å²) in [4.78, 5) is 0. The zero-order valence-corrected chi connectivity index (χ0v) is 10.2. The monoisotopic (exact) mass is 246 g/mol. The lowest BCUT2D eigenvalue weighted by Gasteiger charge is -2.22. The maximum Gasteiger partial charge on any atom is 0.0751 e. The van der Waals surface area contributed by atoms with Crippen LogP contribution in [-0.2, 0) is 0 Å². The highest BCUT2D eigenvalue weighted by atomic mass is 32.0. The number of hydrogen-bond acceptors (Lipinski definition) is 2. The van der Waals surface area contributed by atoms with Crippen molar-refractivity contribution < 1.29 is 0 Å². The van der Waals surface area contributed by atoms with Crippen molar-refractivity contribution in [1.82, 2.24) is 10.6 Å². The minimum absolute atomic E-state index is 0. The van der Waals surface area contributed by atoms with Crippen LogP contribution in [0.25, 0.3) is 0 Å². The van der Waals surface area contributed by atoms with E-state index in [1.165, 1.54) is 6.16 Å². The molecule has 0 saturated carbocycles. The van der Waals surface area contributed by atoms with E-state index in [0.717, 1.165) is 16.9 Å². The Morgan fingerprint density at radius 2 is 2.25 bits per heavy atom. The molecule has 0 amide bonds. The molecule has 2 N–H and O–H groups in total. The van der Waals surface area contributed by atoms with Crippen molar-refractivity contribution in [2.45, 2.75) is 25.8 Å². The van der Waals surface area contributed by atoms with Crippen molar-refractivity contribution in [3.05, 3.63) is 0 Å². The van der Waals surface area contributed by atoms with Gasteiger partial charge in [-0.2, -0.15) is 0 Å². The lowest BCUT2D eigenvalue weighted by Crippen LogP contribution is -2.40. The van der Waals surface area contributed by atoms with Crippen LogP contribution < -0.4 is 10.6 Å². The summed E-state index contributed by atoms with van der Waals surface area (Å²) in [5.74, 6) is 0.547. The molecule has 0 aromatic rings. The highest BCUT2D eigenvalue weighted by Crippen LogP contribution is 2.49. The standard InChI is InChI=1S/C4H14N2P4.2CH4/c1-5-3-6-4(7,10-8)2-9-3;;/h3,5-6,9-10H,2,7-8H2,1H3;2*1H4/t3?,4-;;/m1../s1.